The smallest absolute Gasteiger partial charge is 0.236 e. The first kappa shape index (κ1) is 18.8. The summed E-state index contributed by atoms with van der Waals surface area (Å²) in [6.45, 7) is 3.87. The van der Waals surface area contributed by atoms with Crippen LogP contribution in [-0.4, -0.2) is 36.0 Å². The van der Waals surface area contributed by atoms with Gasteiger partial charge in [0.1, 0.15) is 0 Å². The number of rotatable bonds is 4. The van der Waals surface area contributed by atoms with Crippen molar-refractivity contribution in [1.29, 1.82) is 0 Å². The summed E-state index contributed by atoms with van der Waals surface area (Å²) >= 11 is 0. The van der Waals surface area contributed by atoms with Gasteiger partial charge in [-0.3, -0.25) is 9.69 Å². The third kappa shape index (κ3) is 5.19. The van der Waals surface area contributed by atoms with Crippen molar-refractivity contribution in [3.63, 3.8) is 0 Å². The monoisotopic (exact) mass is 333 g/mol. The van der Waals surface area contributed by atoms with Gasteiger partial charge in [0.25, 0.3) is 0 Å². The number of piperidine rings is 1. The fraction of sp³-hybridized carbons (Fsp3) is 0.533. The van der Waals surface area contributed by atoms with Gasteiger partial charge in [-0.25, -0.2) is 8.78 Å². The van der Waals surface area contributed by atoms with Crippen LogP contribution < -0.4 is 11.1 Å². The molecule has 0 aromatic heterocycles. The van der Waals surface area contributed by atoms with Crippen LogP contribution in [0.5, 0.6) is 0 Å². The average molecular weight is 334 g/mol. The Kier molecular flexibility index (Phi) is 7.19. The van der Waals surface area contributed by atoms with Crippen molar-refractivity contribution in [2.24, 2.45) is 5.73 Å². The topological polar surface area (TPSA) is 58.4 Å². The molecule has 0 saturated carbocycles. The highest BCUT2D eigenvalue weighted by atomic mass is 35.5. The van der Waals surface area contributed by atoms with Crippen LogP contribution in [0, 0.1) is 11.6 Å². The molecule has 1 heterocycles. The van der Waals surface area contributed by atoms with Gasteiger partial charge in [-0.2, -0.15) is 0 Å². The third-order valence-corrected chi connectivity index (χ3v) is 3.74. The Morgan fingerprint density at radius 2 is 2.00 bits per heavy atom. The minimum Gasteiger partial charge on any atom is -0.352 e. The highest BCUT2D eigenvalue weighted by molar-refractivity contribution is 5.85. The van der Waals surface area contributed by atoms with E-state index in [-0.39, 0.29) is 24.4 Å². The Morgan fingerprint density at radius 1 is 1.36 bits per heavy atom. The number of hydrogen-bond donors (Lipinski definition) is 2. The van der Waals surface area contributed by atoms with E-state index >= 15 is 0 Å². The van der Waals surface area contributed by atoms with Crippen molar-refractivity contribution >= 4 is 18.3 Å². The molecule has 3 N–H and O–H groups in total. The fourth-order valence-corrected chi connectivity index (χ4v) is 2.46. The van der Waals surface area contributed by atoms with Crippen LogP contribution in [0.3, 0.4) is 0 Å². The maximum atomic E-state index is 13.2. The molecule has 1 amide bonds. The molecule has 1 atom stereocenters. The van der Waals surface area contributed by atoms with Crippen LogP contribution in [0.4, 0.5) is 8.78 Å². The third-order valence-electron chi connectivity index (χ3n) is 3.74. The number of benzene rings is 1. The second-order valence-electron chi connectivity index (χ2n) is 5.60. The number of carbonyl (C=O) groups excluding carboxylic acids is 1. The lowest BCUT2D eigenvalue weighted by Gasteiger charge is -2.32. The zero-order valence-corrected chi connectivity index (χ0v) is 13.3. The van der Waals surface area contributed by atoms with E-state index in [0.717, 1.165) is 37.6 Å². The molecule has 1 aromatic rings. The SMILES string of the molecule is CC(N)C(=O)NC1CCN(Cc2ccc(F)c(F)c2)CC1.Cl. The predicted octanol–water partition coefficient (Wildman–Crippen LogP) is 1.81. The second kappa shape index (κ2) is 8.41. The number of hydrogen-bond acceptors (Lipinski definition) is 3. The first-order chi connectivity index (χ1) is 9.95. The first-order valence-electron chi connectivity index (χ1n) is 7.18. The van der Waals surface area contributed by atoms with Gasteiger partial charge >= 0.3 is 0 Å². The Balaban J connectivity index is 0.00000242. The molecule has 1 aliphatic heterocycles. The molecule has 4 nitrogen and oxygen atoms in total. The van der Waals surface area contributed by atoms with Crippen LogP contribution in [-0.2, 0) is 11.3 Å². The molecule has 0 spiro atoms. The summed E-state index contributed by atoms with van der Waals surface area (Å²) in [5.74, 6) is -1.77. The minimum absolute atomic E-state index is 0. The highest BCUT2D eigenvalue weighted by Crippen LogP contribution is 2.15. The van der Waals surface area contributed by atoms with Crippen molar-refractivity contribution < 1.29 is 13.6 Å². The van der Waals surface area contributed by atoms with E-state index in [1.165, 1.54) is 6.07 Å². The highest BCUT2D eigenvalue weighted by Gasteiger charge is 2.21. The van der Waals surface area contributed by atoms with E-state index in [1.807, 2.05) is 0 Å². The van der Waals surface area contributed by atoms with Gasteiger partial charge < -0.3 is 11.1 Å². The van der Waals surface area contributed by atoms with Crippen molar-refractivity contribution in [2.75, 3.05) is 13.1 Å². The van der Waals surface area contributed by atoms with E-state index in [4.69, 9.17) is 5.73 Å². The summed E-state index contributed by atoms with van der Waals surface area (Å²) in [6.07, 6.45) is 1.67. The Hall–Kier alpha value is -1.24. The summed E-state index contributed by atoms with van der Waals surface area (Å²) < 4.78 is 26.0. The summed E-state index contributed by atoms with van der Waals surface area (Å²) in [5, 5.41) is 2.92. The number of nitrogens with two attached hydrogens (primary N) is 1. The molecule has 1 aliphatic rings. The normalized spacial score (nSPS) is 17.6. The number of nitrogens with one attached hydrogen (secondary N) is 1. The van der Waals surface area contributed by atoms with E-state index in [9.17, 15) is 13.6 Å². The molecule has 0 bridgehead atoms. The molecule has 2 rings (SSSR count). The van der Waals surface area contributed by atoms with Crippen LogP contribution in [0.25, 0.3) is 0 Å². The van der Waals surface area contributed by atoms with Gasteiger partial charge in [-0.05, 0) is 37.5 Å². The summed E-state index contributed by atoms with van der Waals surface area (Å²) in [4.78, 5) is 13.7. The number of halogens is 3. The van der Waals surface area contributed by atoms with Gasteiger partial charge in [0.2, 0.25) is 5.91 Å². The molecule has 124 valence electrons. The van der Waals surface area contributed by atoms with Gasteiger partial charge in [-0.1, -0.05) is 6.07 Å². The van der Waals surface area contributed by atoms with Gasteiger partial charge in [-0.15, -0.1) is 12.4 Å². The van der Waals surface area contributed by atoms with Crippen molar-refractivity contribution in [2.45, 2.75) is 38.4 Å². The molecular formula is C15H22ClF2N3O. The standard InChI is InChI=1S/C15H21F2N3O.ClH/c1-10(18)15(21)19-12-4-6-20(7-5-12)9-11-2-3-13(16)14(17)8-11;/h2-3,8,10,12H,4-7,9,18H2,1H3,(H,19,21);1H. The van der Waals surface area contributed by atoms with Gasteiger partial charge in [0.15, 0.2) is 11.6 Å². The number of amides is 1. The lowest BCUT2D eigenvalue weighted by Crippen LogP contribution is -2.48. The summed E-state index contributed by atoms with van der Waals surface area (Å²) in [5.41, 5.74) is 6.28. The maximum Gasteiger partial charge on any atom is 0.236 e. The largest absolute Gasteiger partial charge is 0.352 e. The van der Waals surface area contributed by atoms with E-state index in [2.05, 4.69) is 10.2 Å². The summed E-state index contributed by atoms with van der Waals surface area (Å²) in [6, 6.07) is 3.64. The zero-order chi connectivity index (χ0) is 15.4. The molecule has 1 unspecified atom stereocenters. The maximum absolute atomic E-state index is 13.2. The zero-order valence-electron chi connectivity index (χ0n) is 12.5. The number of likely N-dealkylation sites (tertiary alicyclic amines) is 1. The number of nitrogens with zero attached hydrogens (tertiary/aromatic N) is 1. The molecule has 1 fully saturated rings. The summed E-state index contributed by atoms with van der Waals surface area (Å²) in [7, 11) is 0. The Labute approximate surface area is 135 Å². The quantitative estimate of drug-likeness (QED) is 0.883. The molecule has 7 heteroatoms. The van der Waals surface area contributed by atoms with Gasteiger partial charge in [0.05, 0.1) is 6.04 Å². The van der Waals surface area contributed by atoms with E-state index in [0.29, 0.717) is 6.54 Å². The predicted molar refractivity (Wildman–Crippen MR) is 83.7 cm³/mol. The second-order valence-corrected chi connectivity index (χ2v) is 5.60. The number of carbonyl (C=O) groups is 1. The fourth-order valence-electron chi connectivity index (χ4n) is 2.46. The van der Waals surface area contributed by atoms with Crippen LogP contribution >= 0.6 is 12.4 Å². The lowest BCUT2D eigenvalue weighted by molar-refractivity contribution is -0.123. The van der Waals surface area contributed by atoms with E-state index < -0.39 is 17.7 Å². The Bertz CT molecular complexity index is 506. The van der Waals surface area contributed by atoms with E-state index in [1.54, 1.807) is 13.0 Å². The minimum atomic E-state index is -0.823. The van der Waals surface area contributed by atoms with Crippen LogP contribution in [0.15, 0.2) is 18.2 Å². The van der Waals surface area contributed by atoms with Crippen LogP contribution in [0.1, 0.15) is 25.3 Å². The molecular weight excluding hydrogens is 312 g/mol. The molecule has 22 heavy (non-hydrogen) atoms. The van der Waals surface area contributed by atoms with Gasteiger partial charge in [0, 0.05) is 25.7 Å². The van der Waals surface area contributed by atoms with Crippen LogP contribution in [0.2, 0.25) is 0 Å². The van der Waals surface area contributed by atoms with Crippen molar-refractivity contribution in [3.8, 4) is 0 Å². The lowest BCUT2D eigenvalue weighted by atomic mass is 10.0. The molecule has 0 radical (unpaired) electrons. The molecule has 0 aliphatic carbocycles. The average Bonchev–Trinajstić information content (AvgIpc) is 2.45. The molecule has 1 saturated heterocycles. The Morgan fingerprint density at radius 3 is 2.55 bits per heavy atom. The first-order valence-corrected chi connectivity index (χ1v) is 7.18. The molecule has 1 aromatic carbocycles. The van der Waals surface area contributed by atoms with Crippen molar-refractivity contribution in [3.05, 3.63) is 35.4 Å². The van der Waals surface area contributed by atoms with Crippen molar-refractivity contribution in [1.82, 2.24) is 10.2 Å².